The van der Waals surface area contributed by atoms with Gasteiger partial charge in [-0.25, -0.2) is 13.1 Å². The van der Waals surface area contributed by atoms with Crippen LogP contribution in [0.5, 0.6) is 0 Å². The van der Waals surface area contributed by atoms with Gasteiger partial charge in [0, 0.05) is 35.0 Å². The van der Waals surface area contributed by atoms with E-state index in [2.05, 4.69) is 10.4 Å². The van der Waals surface area contributed by atoms with E-state index >= 15 is 0 Å². The van der Waals surface area contributed by atoms with Crippen LogP contribution in [0.15, 0.2) is 47.4 Å². The number of piperidine rings is 1. The molecule has 0 aliphatic carbocycles. The van der Waals surface area contributed by atoms with Gasteiger partial charge in [0.05, 0.1) is 27.8 Å². The average Bonchev–Trinajstić information content (AvgIpc) is 3.38. The molecule has 0 bridgehead atoms. The predicted molar refractivity (Wildman–Crippen MR) is 136 cm³/mol. The number of anilines is 1. The molecular weight excluding hydrogens is 484 g/mol. The zero-order valence-electron chi connectivity index (χ0n) is 19.8. The fourth-order valence-corrected chi connectivity index (χ4v) is 7.39. The van der Waals surface area contributed by atoms with E-state index in [1.165, 1.54) is 28.6 Å². The normalized spacial score (nSPS) is 18.4. The van der Waals surface area contributed by atoms with Crippen molar-refractivity contribution in [2.24, 2.45) is 0 Å². The molecule has 2 aliphatic heterocycles. The summed E-state index contributed by atoms with van der Waals surface area (Å²) >= 11 is 0. The van der Waals surface area contributed by atoms with Crippen molar-refractivity contribution in [3.63, 3.8) is 0 Å². The van der Waals surface area contributed by atoms with Crippen molar-refractivity contribution in [1.82, 2.24) is 14.1 Å². The van der Waals surface area contributed by atoms with Crippen LogP contribution < -0.4 is 5.32 Å². The van der Waals surface area contributed by atoms with E-state index in [1.54, 1.807) is 4.68 Å². The number of aromatic nitrogens is 2. The number of nitrogens with one attached hydrogen (secondary N) is 1. The van der Waals surface area contributed by atoms with Gasteiger partial charge in [0.2, 0.25) is 10.0 Å². The molecule has 5 rings (SSSR count). The largest absolute Gasteiger partial charge is 0.306 e. The van der Waals surface area contributed by atoms with Crippen LogP contribution in [0, 0.1) is 13.8 Å². The maximum Gasteiger partial charge on any atom is 0.256 e. The highest BCUT2D eigenvalue weighted by Crippen LogP contribution is 2.33. The van der Waals surface area contributed by atoms with Crippen LogP contribution in [-0.4, -0.2) is 45.7 Å². The molecule has 1 aromatic heterocycles. The van der Waals surface area contributed by atoms with Gasteiger partial charge in [-0.1, -0.05) is 18.6 Å². The molecule has 8 nitrogen and oxygen atoms in total. The third-order valence-corrected chi connectivity index (χ3v) is 9.89. The molecule has 1 saturated heterocycles. The summed E-state index contributed by atoms with van der Waals surface area (Å²) in [5.41, 5.74) is 4.83. The number of fused-ring (bicyclic) bond motifs is 1. The van der Waals surface area contributed by atoms with Crippen molar-refractivity contribution in [1.29, 1.82) is 0 Å². The molecular formula is C25H28N4O4S2. The first-order chi connectivity index (χ1) is 16.8. The van der Waals surface area contributed by atoms with Gasteiger partial charge in [0.15, 0.2) is 0 Å². The Morgan fingerprint density at radius 1 is 1.00 bits per heavy atom. The summed E-state index contributed by atoms with van der Waals surface area (Å²) in [6.07, 6.45) is 2.77. The van der Waals surface area contributed by atoms with Gasteiger partial charge < -0.3 is 5.32 Å². The number of hydrogen-bond acceptors (Lipinski definition) is 5. The van der Waals surface area contributed by atoms with E-state index in [-0.39, 0.29) is 10.8 Å². The molecule has 35 heavy (non-hydrogen) atoms. The highest BCUT2D eigenvalue weighted by Gasteiger charge is 2.30. The SMILES string of the molecule is Cc1cccc(-n2nc3c(c2NC(=O)c2ccc(S(=O)(=O)N4CCCCC4)cc2)C[S@](=O)C3)c1C. The molecule has 3 aromatic rings. The number of carbonyl (C=O) groups excluding carboxylic acids is 1. The van der Waals surface area contributed by atoms with Gasteiger partial charge in [0.25, 0.3) is 5.91 Å². The van der Waals surface area contributed by atoms with Crippen molar-refractivity contribution in [3.05, 3.63) is 70.4 Å². The molecule has 2 aliphatic rings. The van der Waals surface area contributed by atoms with Crippen LogP contribution in [0.2, 0.25) is 0 Å². The van der Waals surface area contributed by atoms with Gasteiger partial charge in [-0.3, -0.25) is 9.00 Å². The van der Waals surface area contributed by atoms with Crippen molar-refractivity contribution in [2.75, 3.05) is 18.4 Å². The van der Waals surface area contributed by atoms with Crippen LogP contribution in [0.1, 0.15) is 52.0 Å². The van der Waals surface area contributed by atoms with E-state index < -0.39 is 20.8 Å². The van der Waals surface area contributed by atoms with Crippen LogP contribution >= 0.6 is 0 Å². The molecule has 0 spiro atoms. The molecule has 2 aromatic carbocycles. The average molecular weight is 513 g/mol. The third-order valence-electron chi connectivity index (χ3n) is 6.78. The Balaban J connectivity index is 1.44. The van der Waals surface area contributed by atoms with E-state index in [0.717, 1.165) is 47.3 Å². The Morgan fingerprint density at radius 3 is 2.43 bits per heavy atom. The molecule has 0 saturated carbocycles. The minimum atomic E-state index is -3.57. The molecule has 1 fully saturated rings. The minimum Gasteiger partial charge on any atom is -0.306 e. The predicted octanol–water partition coefficient (Wildman–Crippen LogP) is 3.68. The lowest BCUT2D eigenvalue weighted by Crippen LogP contribution is -2.35. The number of amides is 1. The Bertz CT molecular complexity index is 1420. The minimum absolute atomic E-state index is 0.188. The molecule has 3 heterocycles. The van der Waals surface area contributed by atoms with E-state index in [4.69, 9.17) is 0 Å². The molecule has 0 unspecified atom stereocenters. The Hall–Kier alpha value is -2.82. The number of rotatable bonds is 5. The Labute approximate surface area is 207 Å². The molecule has 1 amide bonds. The Kier molecular flexibility index (Phi) is 6.37. The fraction of sp³-hybridized carbons (Fsp3) is 0.360. The zero-order chi connectivity index (χ0) is 24.7. The zero-order valence-corrected chi connectivity index (χ0v) is 21.4. The first kappa shape index (κ1) is 23.9. The van der Waals surface area contributed by atoms with Gasteiger partial charge in [-0.05, 0) is 68.1 Å². The van der Waals surface area contributed by atoms with Crippen LogP contribution in [0.25, 0.3) is 5.69 Å². The highest BCUT2D eigenvalue weighted by molar-refractivity contribution is 7.89. The lowest BCUT2D eigenvalue weighted by Gasteiger charge is -2.25. The van der Waals surface area contributed by atoms with Gasteiger partial charge in [-0.15, -0.1) is 0 Å². The van der Waals surface area contributed by atoms with Crippen molar-refractivity contribution < 1.29 is 17.4 Å². The number of benzene rings is 2. The van der Waals surface area contributed by atoms with E-state index in [0.29, 0.717) is 36.0 Å². The second-order valence-corrected chi connectivity index (χ2v) is 12.5. The van der Waals surface area contributed by atoms with Crippen molar-refractivity contribution in [3.8, 4) is 5.69 Å². The summed E-state index contributed by atoms with van der Waals surface area (Å²) in [4.78, 5) is 13.4. The second-order valence-electron chi connectivity index (χ2n) is 9.08. The van der Waals surface area contributed by atoms with Gasteiger partial charge in [0.1, 0.15) is 5.82 Å². The summed E-state index contributed by atoms with van der Waals surface area (Å²) < 4.78 is 41.3. The maximum absolute atomic E-state index is 13.2. The van der Waals surface area contributed by atoms with Gasteiger partial charge in [-0.2, -0.15) is 9.40 Å². The lowest BCUT2D eigenvalue weighted by molar-refractivity contribution is 0.102. The Morgan fingerprint density at radius 2 is 1.71 bits per heavy atom. The van der Waals surface area contributed by atoms with Gasteiger partial charge >= 0.3 is 0 Å². The smallest absolute Gasteiger partial charge is 0.256 e. The van der Waals surface area contributed by atoms with Crippen LogP contribution in [0.3, 0.4) is 0 Å². The molecule has 1 N–H and O–H groups in total. The molecule has 1 atom stereocenters. The summed E-state index contributed by atoms with van der Waals surface area (Å²) in [7, 11) is -4.61. The topological polar surface area (TPSA) is 101 Å². The molecule has 184 valence electrons. The summed E-state index contributed by atoms with van der Waals surface area (Å²) in [6, 6.07) is 11.9. The number of nitrogens with zero attached hydrogens (tertiary/aromatic N) is 3. The number of aryl methyl sites for hydroxylation is 1. The fourth-order valence-electron chi connectivity index (χ4n) is 4.61. The lowest BCUT2D eigenvalue weighted by atomic mass is 10.1. The van der Waals surface area contributed by atoms with E-state index in [1.807, 2.05) is 32.0 Å². The van der Waals surface area contributed by atoms with Crippen molar-refractivity contribution >= 4 is 32.5 Å². The molecule has 10 heteroatoms. The second kappa shape index (κ2) is 9.33. The number of hydrogen-bond donors (Lipinski definition) is 1. The maximum atomic E-state index is 13.2. The monoisotopic (exact) mass is 512 g/mol. The van der Waals surface area contributed by atoms with Crippen molar-refractivity contribution in [2.45, 2.75) is 49.5 Å². The number of carbonyl (C=O) groups is 1. The quantitative estimate of drug-likeness (QED) is 0.562. The first-order valence-corrected chi connectivity index (χ1v) is 14.6. The van der Waals surface area contributed by atoms with Crippen LogP contribution in [0.4, 0.5) is 5.82 Å². The highest BCUT2D eigenvalue weighted by atomic mass is 32.2. The van der Waals surface area contributed by atoms with E-state index in [9.17, 15) is 17.4 Å². The molecule has 0 radical (unpaired) electrons. The summed E-state index contributed by atoms with van der Waals surface area (Å²) in [5, 5.41) is 7.64. The standard InChI is InChI=1S/C25H28N4O4S2/c1-17-7-6-8-23(18(17)2)29-24(21-15-34(31)16-22(21)27-29)26-25(30)19-9-11-20(12-10-19)35(32,33)28-13-4-3-5-14-28/h6-12H,3-5,13-16H2,1-2H3,(H,26,30)/t34-/m0/s1. The summed E-state index contributed by atoms with van der Waals surface area (Å²) in [6.45, 7) is 5.07. The van der Waals surface area contributed by atoms with Crippen LogP contribution in [-0.2, 0) is 32.3 Å². The summed E-state index contributed by atoms with van der Waals surface area (Å²) in [5.74, 6) is 0.829. The third kappa shape index (κ3) is 4.46. The first-order valence-electron chi connectivity index (χ1n) is 11.7. The number of sulfonamides is 1.